The van der Waals surface area contributed by atoms with Crippen molar-refractivity contribution in [3.05, 3.63) is 18.2 Å². The fourth-order valence-electron chi connectivity index (χ4n) is 1.21. The summed E-state index contributed by atoms with van der Waals surface area (Å²) >= 11 is 0. The summed E-state index contributed by atoms with van der Waals surface area (Å²) in [6, 6.07) is 4.68. The molecular weight excluding hydrogens is 238 g/mol. The Kier molecular flexibility index (Phi) is 2.86. The number of nitrogens with two attached hydrogens (primary N) is 1. The molecule has 4 nitrogen and oxygen atoms in total. The summed E-state index contributed by atoms with van der Waals surface area (Å²) in [6.07, 6.45) is -2.65. The number of alkyl halides is 2. The zero-order valence-corrected chi connectivity index (χ0v) is 8.84. The van der Waals surface area contributed by atoms with Gasteiger partial charge in [-0.05, 0) is 18.2 Å². The van der Waals surface area contributed by atoms with Crippen LogP contribution in [0.5, 0.6) is 0 Å². The summed E-state index contributed by atoms with van der Waals surface area (Å²) in [5.74, 6) is -0.775. The summed E-state index contributed by atoms with van der Waals surface area (Å²) in [4.78, 5) is 3.85. The van der Waals surface area contributed by atoms with Crippen molar-refractivity contribution in [2.75, 3.05) is 11.5 Å². The van der Waals surface area contributed by atoms with Gasteiger partial charge < -0.3 is 10.2 Å². The largest absolute Gasteiger partial charge is 0.430 e. The van der Waals surface area contributed by atoms with Crippen LogP contribution in [0.3, 0.4) is 0 Å². The first-order chi connectivity index (χ1) is 7.56. The minimum atomic E-state index is -2.65. The number of rotatable bonds is 3. The van der Waals surface area contributed by atoms with E-state index in [2.05, 4.69) is 4.98 Å². The minimum absolute atomic E-state index is 0.194. The summed E-state index contributed by atoms with van der Waals surface area (Å²) in [5.41, 5.74) is 6.79. The Balaban J connectivity index is 2.36. The van der Waals surface area contributed by atoms with Gasteiger partial charge in [0.05, 0.1) is 5.75 Å². The standard InChI is InChI=1S/C9H8F2N2O2S/c10-8(11)4-16(14)9-13-6-3-5(12)1-2-7(6)15-9/h1-3,8H,4,12H2. The van der Waals surface area contributed by atoms with Crippen molar-refractivity contribution in [2.45, 2.75) is 11.6 Å². The molecule has 0 aliphatic carbocycles. The number of hydrogen-bond acceptors (Lipinski definition) is 4. The van der Waals surface area contributed by atoms with Crippen molar-refractivity contribution < 1.29 is 17.4 Å². The molecule has 0 spiro atoms. The smallest absolute Gasteiger partial charge is 0.288 e. The van der Waals surface area contributed by atoms with Crippen LogP contribution >= 0.6 is 0 Å². The molecule has 0 aliphatic rings. The van der Waals surface area contributed by atoms with Crippen molar-refractivity contribution in [2.24, 2.45) is 0 Å². The zero-order valence-electron chi connectivity index (χ0n) is 8.02. The minimum Gasteiger partial charge on any atom is -0.430 e. The first-order valence-corrected chi connectivity index (χ1v) is 5.71. The van der Waals surface area contributed by atoms with Crippen LogP contribution in [0, 0.1) is 0 Å². The molecule has 1 unspecified atom stereocenters. The van der Waals surface area contributed by atoms with Gasteiger partial charge >= 0.3 is 0 Å². The van der Waals surface area contributed by atoms with Crippen LogP contribution in [-0.2, 0) is 10.8 Å². The molecule has 0 bridgehead atoms. The topological polar surface area (TPSA) is 69.1 Å². The number of anilines is 1. The van der Waals surface area contributed by atoms with E-state index >= 15 is 0 Å². The number of fused-ring (bicyclic) bond motifs is 1. The summed E-state index contributed by atoms with van der Waals surface area (Å²) in [5, 5.41) is -0.194. The highest BCUT2D eigenvalue weighted by Crippen LogP contribution is 2.20. The number of oxazole rings is 1. The normalized spacial score (nSPS) is 13.4. The Hall–Kier alpha value is -1.50. The van der Waals surface area contributed by atoms with E-state index < -0.39 is 23.0 Å². The molecule has 0 fully saturated rings. The maximum absolute atomic E-state index is 12.0. The average Bonchev–Trinajstić information content (AvgIpc) is 2.59. The van der Waals surface area contributed by atoms with E-state index in [1.165, 1.54) is 6.07 Å². The molecule has 86 valence electrons. The number of nitrogen functional groups attached to an aromatic ring is 1. The molecular formula is C9H8F2N2O2S. The molecule has 2 rings (SSSR count). The molecule has 2 N–H and O–H groups in total. The molecule has 1 aromatic carbocycles. The molecule has 1 heterocycles. The third-order valence-electron chi connectivity index (χ3n) is 1.86. The quantitative estimate of drug-likeness (QED) is 0.838. The third kappa shape index (κ3) is 2.19. The fraction of sp³-hybridized carbons (Fsp3) is 0.222. The van der Waals surface area contributed by atoms with Gasteiger partial charge in [-0.2, -0.15) is 0 Å². The van der Waals surface area contributed by atoms with E-state index in [1.807, 2.05) is 0 Å². The Morgan fingerprint density at radius 2 is 2.25 bits per heavy atom. The van der Waals surface area contributed by atoms with E-state index in [9.17, 15) is 13.0 Å². The van der Waals surface area contributed by atoms with Crippen LogP contribution in [0.2, 0.25) is 0 Å². The SMILES string of the molecule is Nc1ccc2oc(S(=O)CC(F)F)nc2c1. The van der Waals surface area contributed by atoms with Crippen LogP contribution in [0.1, 0.15) is 0 Å². The predicted octanol–water partition coefficient (Wildman–Crippen LogP) is 1.78. The second-order valence-corrected chi connectivity index (χ2v) is 4.48. The second-order valence-electron chi connectivity index (χ2n) is 3.11. The van der Waals surface area contributed by atoms with Crippen LogP contribution in [0.25, 0.3) is 11.1 Å². The summed E-state index contributed by atoms with van der Waals surface area (Å²) < 4.78 is 40.5. The van der Waals surface area contributed by atoms with Crippen LogP contribution in [0.15, 0.2) is 27.8 Å². The van der Waals surface area contributed by atoms with Gasteiger partial charge in [0.15, 0.2) is 5.58 Å². The lowest BCUT2D eigenvalue weighted by molar-refractivity contribution is 0.175. The molecule has 16 heavy (non-hydrogen) atoms. The van der Waals surface area contributed by atoms with Crippen LogP contribution in [0.4, 0.5) is 14.5 Å². The lowest BCUT2D eigenvalue weighted by atomic mass is 10.3. The van der Waals surface area contributed by atoms with Gasteiger partial charge in [-0.15, -0.1) is 0 Å². The summed E-state index contributed by atoms with van der Waals surface area (Å²) in [7, 11) is -1.92. The summed E-state index contributed by atoms with van der Waals surface area (Å²) in [6.45, 7) is 0. The van der Waals surface area contributed by atoms with Gasteiger partial charge in [0, 0.05) is 5.69 Å². The van der Waals surface area contributed by atoms with Crippen molar-refractivity contribution >= 4 is 27.6 Å². The van der Waals surface area contributed by atoms with E-state index in [0.29, 0.717) is 16.8 Å². The molecule has 0 radical (unpaired) electrons. The van der Waals surface area contributed by atoms with Crippen molar-refractivity contribution in [3.63, 3.8) is 0 Å². The Bertz CT molecular complexity index is 541. The first kappa shape index (κ1) is 11.0. The van der Waals surface area contributed by atoms with Crippen molar-refractivity contribution in [1.82, 2.24) is 4.98 Å². The van der Waals surface area contributed by atoms with E-state index in [0.717, 1.165) is 0 Å². The number of aromatic nitrogens is 1. The molecule has 0 saturated carbocycles. The third-order valence-corrected chi connectivity index (χ3v) is 2.98. The number of benzene rings is 1. The lowest BCUT2D eigenvalue weighted by Gasteiger charge is -1.94. The highest BCUT2D eigenvalue weighted by atomic mass is 32.2. The molecule has 1 aromatic heterocycles. The van der Waals surface area contributed by atoms with Gasteiger partial charge in [0.1, 0.15) is 16.3 Å². The number of halogens is 2. The molecule has 7 heteroatoms. The van der Waals surface area contributed by atoms with Gasteiger partial charge in [-0.25, -0.2) is 18.0 Å². The Morgan fingerprint density at radius 1 is 1.50 bits per heavy atom. The predicted molar refractivity (Wildman–Crippen MR) is 55.7 cm³/mol. The van der Waals surface area contributed by atoms with Gasteiger partial charge in [-0.3, -0.25) is 0 Å². The lowest BCUT2D eigenvalue weighted by Crippen LogP contribution is -2.06. The van der Waals surface area contributed by atoms with Crippen molar-refractivity contribution in [1.29, 1.82) is 0 Å². The monoisotopic (exact) mass is 246 g/mol. The fourth-order valence-corrected chi connectivity index (χ4v) is 1.96. The maximum atomic E-state index is 12.0. The van der Waals surface area contributed by atoms with Gasteiger partial charge in [-0.1, -0.05) is 0 Å². The molecule has 0 amide bonds. The molecule has 1 atom stereocenters. The zero-order chi connectivity index (χ0) is 11.7. The van der Waals surface area contributed by atoms with Gasteiger partial charge in [0.2, 0.25) is 0 Å². The average molecular weight is 246 g/mol. The van der Waals surface area contributed by atoms with E-state index in [-0.39, 0.29) is 5.22 Å². The molecule has 0 saturated heterocycles. The van der Waals surface area contributed by atoms with Gasteiger partial charge in [0.25, 0.3) is 11.6 Å². The van der Waals surface area contributed by atoms with Crippen LogP contribution in [-0.4, -0.2) is 21.4 Å². The first-order valence-electron chi connectivity index (χ1n) is 4.39. The highest BCUT2D eigenvalue weighted by Gasteiger charge is 2.17. The number of nitrogens with zero attached hydrogens (tertiary/aromatic N) is 1. The second kappa shape index (κ2) is 4.17. The number of hydrogen-bond donors (Lipinski definition) is 1. The van der Waals surface area contributed by atoms with Crippen molar-refractivity contribution in [3.8, 4) is 0 Å². The van der Waals surface area contributed by atoms with E-state index in [1.54, 1.807) is 12.1 Å². The highest BCUT2D eigenvalue weighted by molar-refractivity contribution is 7.84. The maximum Gasteiger partial charge on any atom is 0.288 e. The Labute approximate surface area is 91.9 Å². The molecule has 2 aromatic rings. The van der Waals surface area contributed by atoms with Crippen LogP contribution < -0.4 is 5.73 Å². The van der Waals surface area contributed by atoms with E-state index in [4.69, 9.17) is 10.2 Å². The molecule has 0 aliphatic heterocycles. The Morgan fingerprint density at radius 3 is 2.94 bits per heavy atom.